The predicted molar refractivity (Wildman–Crippen MR) is 69.7 cm³/mol. The van der Waals surface area contributed by atoms with Gasteiger partial charge in [-0.05, 0) is 12.1 Å². The van der Waals surface area contributed by atoms with Crippen molar-refractivity contribution < 1.29 is 40.3 Å². The molecule has 0 aliphatic heterocycles. The number of hydrogen-bond acceptors (Lipinski definition) is 6. The van der Waals surface area contributed by atoms with E-state index in [0.717, 1.165) is 0 Å². The molecule has 0 unspecified atom stereocenters. The second-order valence-electron chi connectivity index (χ2n) is 3.83. The Bertz CT molecular complexity index is 536. The number of aromatic nitrogens is 1. The van der Waals surface area contributed by atoms with E-state index < -0.39 is 36.4 Å². The molecule has 22 heavy (non-hydrogen) atoms. The zero-order chi connectivity index (χ0) is 16.5. The maximum atomic E-state index is 10.3. The van der Waals surface area contributed by atoms with Gasteiger partial charge in [0.15, 0.2) is 5.60 Å². The summed E-state index contributed by atoms with van der Waals surface area (Å²) in [6, 6.07) is 5.41. The Morgan fingerprint density at radius 1 is 1.18 bits per heavy atom. The van der Waals surface area contributed by atoms with E-state index in [-0.39, 0.29) is 5.48 Å². The van der Waals surface area contributed by atoms with Crippen molar-refractivity contribution in [2.24, 2.45) is 0 Å². The van der Waals surface area contributed by atoms with E-state index >= 15 is 0 Å². The Kier molecular flexibility index (Phi) is 9.48. The first kappa shape index (κ1) is 21.3. The summed E-state index contributed by atoms with van der Waals surface area (Å²) in [5.41, 5.74) is -2.13. The van der Waals surface area contributed by atoms with Crippen LogP contribution in [0.4, 0.5) is 0 Å². The van der Waals surface area contributed by atoms with Crippen LogP contribution in [-0.4, -0.2) is 54.4 Å². The van der Waals surface area contributed by atoms with E-state index in [2.05, 4.69) is 4.98 Å². The average Bonchev–Trinajstić information content (AvgIpc) is 2.38. The lowest BCUT2D eigenvalue weighted by molar-refractivity contribution is -0.170. The maximum absolute atomic E-state index is 10.3. The van der Waals surface area contributed by atoms with Crippen LogP contribution in [0.5, 0.6) is 0 Å². The summed E-state index contributed by atoms with van der Waals surface area (Å²) in [4.78, 5) is 34.2. The molecule has 1 rings (SSSR count). The molecule has 1 heterocycles. The number of nitriles is 1. The first-order chi connectivity index (χ1) is 9.71. The molecule has 10 nitrogen and oxygen atoms in total. The highest BCUT2D eigenvalue weighted by molar-refractivity contribution is 5.88. The van der Waals surface area contributed by atoms with Gasteiger partial charge in [-0.15, -0.1) is 0 Å². The van der Waals surface area contributed by atoms with Crippen LogP contribution in [0, 0.1) is 11.3 Å². The summed E-state index contributed by atoms with van der Waals surface area (Å²) in [5, 5.41) is 42.1. The van der Waals surface area contributed by atoms with Crippen LogP contribution in [0.3, 0.4) is 0 Å². The van der Waals surface area contributed by atoms with Crippen molar-refractivity contribution in [2.75, 3.05) is 0 Å². The zero-order valence-corrected chi connectivity index (χ0v) is 11.1. The van der Waals surface area contributed by atoms with Crippen molar-refractivity contribution in [2.45, 2.75) is 18.4 Å². The van der Waals surface area contributed by atoms with E-state index in [1.165, 1.54) is 6.20 Å². The highest BCUT2D eigenvalue weighted by Crippen LogP contribution is 2.15. The molecule has 1 aromatic rings. The highest BCUT2D eigenvalue weighted by atomic mass is 16.4. The lowest BCUT2D eigenvalue weighted by atomic mass is 9.96. The Balaban J connectivity index is 0. The fraction of sp³-hybridized carbons (Fsp3) is 0.250. The number of pyridine rings is 1. The molecule has 0 fully saturated rings. The van der Waals surface area contributed by atoms with Gasteiger partial charge in [0, 0.05) is 12.4 Å². The molecule has 0 saturated carbocycles. The van der Waals surface area contributed by atoms with Gasteiger partial charge in [-0.3, -0.25) is 14.6 Å². The van der Waals surface area contributed by atoms with Gasteiger partial charge in [0.2, 0.25) is 0 Å². The minimum atomic E-state index is -2.74. The topological polar surface area (TPSA) is 200 Å². The van der Waals surface area contributed by atoms with Gasteiger partial charge in [-0.2, -0.15) is 5.26 Å². The fourth-order valence-electron chi connectivity index (χ4n) is 1.14. The number of aliphatic hydroxyl groups is 1. The molecule has 0 bridgehead atoms. The third kappa shape index (κ3) is 8.20. The summed E-state index contributed by atoms with van der Waals surface area (Å²) >= 11 is 0. The summed E-state index contributed by atoms with van der Waals surface area (Å²) in [6.45, 7) is 0. The maximum Gasteiger partial charge on any atom is 0.336 e. The van der Waals surface area contributed by atoms with Gasteiger partial charge in [-0.1, -0.05) is 0 Å². The number of carboxylic acid groups (broad SMARTS) is 3. The standard InChI is InChI=1S/C6H4N2.C6H8O7.H2O/c7-4-6-2-1-3-8-5-6;7-3(8)1-6(13,5(11)12)2-4(9)10;/h1-3,5H;13H,1-2H2,(H,7,8)(H,9,10)(H,11,12);1H2. The largest absolute Gasteiger partial charge is 0.481 e. The van der Waals surface area contributed by atoms with Gasteiger partial charge in [0.25, 0.3) is 0 Å². The second kappa shape index (κ2) is 9.81. The first-order valence-electron chi connectivity index (χ1n) is 5.41. The van der Waals surface area contributed by atoms with E-state index in [1.807, 2.05) is 6.07 Å². The lowest BCUT2D eigenvalue weighted by Crippen LogP contribution is -2.42. The van der Waals surface area contributed by atoms with Gasteiger partial charge in [0.05, 0.1) is 18.4 Å². The number of carboxylic acids is 3. The average molecular weight is 314 g/mol. The normalized spacial score (nSPS) is 9.27. The quantitative estimate of drug-likeness (QED) is 0.519. The first-order valence-corrected chi connectivity index (χ1v) is 5.41. The number of hydrogen-bond donors (Lipinski definition) is 4. The van der Waals surface area contributed by atoms with Gasteiger partial charge >= 0.3 is 17.9 Å². The van der Waals surface area contributed by atoms with Crippen molar-refractivity contribution in [3.8, 4) is 6.07 Å². The van der Waals surface area contributed by atoms with Crippen LogP contribution in [0.15, 0.2) is 24.5 Å². The molecule has 10 heteroatoms. The molecule has 0 spiro atoms. The molecule has 0 aromatic carbocycles. The van der Waals surface area contributed by atoms with Gasteiger partial charge in [0.1, 0.15) is 6.07 Å². The molecule has 0 amide bonds. The molecule has 0 atom stereocenters. The molecule has 0 aliphatic carbocycles. The van der Waals surface area contributed by atoms with Crippen LogP contribution >= 0.6 is 0 Å². The molecule has 0 saturated heterocycles. The van der Waals surface area contributed by atoms with E-state index in [0.29, 0.717) is 5.56 Å². The molecule has 6 N–H and O–H groups in total. The summed E-state index contributed by atoms with van der Waals surface area (Å²) in [5.74, 6) is -5.02. The lowest BCUT2D eigenvalue weighted by Gasteiger charge is -2.18. The van der Waals surface area contributed by atoms with Crippen LogP contribution in [0.25, 0.3) is 0 Å². The number of nitrogens with zero attached hydrogens (tertiary/aromatic N) is 2. The van der Waals surface area contributed by atoms with Crippen LogP contribution in [0.2, 0.25) is 0 Å². The van der Waals surface area contributed by atoms with Gasteiger partial charge < -0.3 is 25.9 Å². The van der Waals surface area contributed by atoms with Crippen molar-refractivity contribution in [3.05, 3.63) is 30.1 Å². The van der Waals surface area contributed by atoms with Gasteiger partial charge in [-0.25, -0.2) is 4.79 Å². The minimum absolute atomic E-state index is 0. The Labute approximate surface area is 124 Å². The third-order valence-corrected chi connectivity index (χ3v) is 2.08. The summed E-state index contributed by atoms with van der Waals surface area (Å²) < 4.78 is 0. The number of carbonyl (C=O) groups is 3. The smallest absolute Gasteiger partial charge is 0.336 e. The predicted octanol–water partition coefficient (Wildman–Crippen LogP) is -1.12. The van der Waals surface area contributed by atoms with E-state index in [1.54, 1.807) is 18.3 Å². The summed E-state index contributed by atoms with van der Waals surface area (Å²) in [6.07, 6.45) is 0.879. The van der Waals surface area contributed by atoms with Crippen LogP contribution in [-0.2, 0) is 14.4 Å². The monoisotopic (exact) mass is 314 g/mol. The molecular weight excluding hydrogens is 300 g/mol. The Hall–Kier alpha value is -3.03. The number of aliphatic carboxylic acids is 3. The van der Waals surface area contributed by atoms with E-state index in [4.69, 9.17) is 25.7 Å². The third-order valence-electron chi connectivity index (χ3n) is 2.08. The zero-order valence-electron chi connectivity index (χ0n) is 11.1. The van der Waals surface area contributed by atoms with Crippen LogP contribution < -0.4 is 0 Å². The van der Waals surface area contributed by atoms with E-state index in [9.17, 15) is 14.4 Å². The molecule has 1 aromatic heterocycles. The van der Waals surface area contributed by atoms with Crippen LogP contribution in [0.1, 0.15) is 18.4 Å². The Morgan fingerprint density at radius 2 is 1.68 bits per heavy atom. The molecule has 0 radical (unpaired) electrons. The molecule has 120 valence electrons. The Morgan fingerprint density at radius 3 is 1.91 bits per heavy atom. The van der Waals surface area contributed by atoms with Crippen molar-refractivity contribution in [1.82, 2.24) is 4.98 Å². The molecular formula is C12H14N2O8. The minimum Gasteiger partial charge on any atom is -0.481 e. The molecule has 0 aliphatic rings. The fourth-order valence-corrected chi connectivity index (χ4v) is 1.14. The second-order valence-corrected chi connectivity index (χ2v) is 3.83. The van der Waals surface area contributed by atoms with Crippen molar-refractivity contribution in [3.63, 3.8) is 0 Å². The SMILES string of the molecule is N#Cc1cccnc1.O.O=C(O)CC(O)(CC(=O)O)C(=O)O. The highest BCUT2D eigenvalue weighted by Gasteiger charge is 2.40. The number of rotatable bonds is 5. The summed E-state index contributed by atoms with van der Waals surface area (Å²) in [7, 11) is 0. The van der Waals surface area contributed by atoms with Crippen molar-refractivity contribution in [1.29, 1.82) is 5.26 Å². The van der Waals surface area contributed by atoms with Crippen molar-refractivity contribution >= 4 is 17.9 Å².